The van der Waals surface area contributed by atoms with Crippen LogP contribution >= 0.6 is 0 Å². The first-order valence-corrected chi connectivity index (χ1v) is 6.59. The Hall–Kier alpha value is -0.160. The molecule has 17 heavy (non-hydrogen) atoms. The molecule has 0 spiro atoms. The molecular formula is C13H30N2O2. The summed E-state index contributed by atoms with van der Waals surface area (Å²) < 4.78 is 5.20. The lowest BCUT2D eigenvalue weighted by Gasteiger charge is -2.28. The van der Waals surface area contributed by atoms with E-state index in [-0.39, 0.29) is 12.0 Å². The zero-order valence-electron chi connectivity index (χ0n) is 11.7. The molecule has 0 saturated carbocycles. The fraction of sp³-hybridized carbons (Fsp3) is 1.00. The van der Waals surface area contributed by atoms with Crippen LogP contribution in [-0.4, -0.2) is 44.6 Å². The first-order valence-electron chi connectivity index (χ1n) is 6.59. The summed E-state index contributed by atoms with van der Waals surface area (Å²) in [4.78, 5) is 0. The van der Waals surface area contributed by atoms with Gasteiger partial charge >= 0.3 is 0 Å². The zero-order valence-corrected chi connectivity index (χ0v) is 11.7. The molecule has 0 aromatic heterocycles. The van der Waals surface area contributed by atoms with Crippen LogP contribution in [0.25, 0.3) is 0 Å². The number of ether oxygens (including phenoxy) is 1. The molecule has 4 nitrogen and oxygen atoms in total. The van der Waals surface area contributed by atoms with E-state index in [0.29, 0.717) is 6.04 Å². The van der Waals surface area contributed by atoms with E-state index >= 15 is 0 Å². The van der Waals surface area contributed by atoms with Crippen LogP contribution in [0.1, 0.15) is 39.5 Å². The van der Waals surface area contributed by atoms with E-state index in [1.165, 1.54) is 0 Å². The van der Waals surface area contributed by atoms with E-state index in [4.69, 9.17) is 15.6 Å². The molecule has 4 N–H and O–H groups in total. The van der Waals surface area contributed by atoms with Gasteiger partial charge in [-0.05, 0) is 37.6 Å². The average molecular weight is 246 g/mol. The summed E-state index contributed by atoms with van der Waals surface area (Å²) in [5.74, 6) is 0. The normalized spacial score (nSPS) is 13.9. The Morgan fingerprint density at radius 3 is 2.59 bits per heavy atom. The highest BCUT2D eigenvalue weighted by Gasteiger charge is 2.19. The van der Waals surface area contributed by atoms with Gasteiger partial charge in [0.1, 0.15) is 0 Å². The molecule has 4 heteroatoms. The van der Waals surface area contributed by atoms with Crippen molar-refractivity contribution < 1.29 is 9.84 Å². The van der Waals surface area contributed by atoms with Gasteiger partial charge in [0.25, 0.3) is 0 Å². The van der Waals surface area contributed by atoms with Crippen molar-refractivity contribution in [2.75, 3.05) is 33.4 Å². The average Bonchev–Trinajstić information content (AvgIpc) is 2.30. The van der Waals surface area contributed by atoms with E-state index in [0.717, 1.165) is 45.4 Å². The largest absolute Gasteiger partial charge is 0.396 e. The molecule has 0 rings (SSSR count). The third-order valence-electron chi connectivity index (χ3n) is 3.01. The molecule has 0 fully saturated rings. The lowest BCUT2D eigenvalue weighted by atomic mass is 9.87. The van der Waals surface area contributed by atoms with Crippen molar-refractivity contribution in [3.05, 3.63) is 0 Å². The molecule has 0 aromatic rings. The van der Waals surface area contributed by atoms with Crippen molar-refractivity contribution in [3.8, 4) is 0 Å². The minimum Gasteiger partial charge on any atom is -0.396 e. The van der Waals surface area contributed by atoms with Crippen LogP contribution in [0, 0.1) is 5.41 Å². The van der Waals surface area contributed by atoms with Gasteiger partial charge in [0.15, 0.2) is 0 Å². The van der Waals surface area contributed by atoms with Crippen molar-refractivity contribution in [1.82, 2.24) is 5.32 Å². The molecule has 0 aliphatic carbocycles. The molecule has 0 heterocycles. The number of nitrogens with one attached hydrogen (secondary N) is 1. The topological polar surface area (TPSA) is 67.5 Å². The summed E-state index contributed by atoms with van der Waals surface area (Å²) in [6, 6.07) is 0.386. The van der Waals surface area contributed by atoms with Crippen LogP contribution in [-0.2, 0) is 4.74 Å². The summed E-state index contributed by atoms with van der Waals surface area (Å²) in [5, 5.41) is 12.4. The SMILES string of the molecule is COCC(CCCN)NCC(C)(C)CCCO. The van der Waals surface area contributed by atoms with Gasteiger partial charge in [-0.15, -0.1) is 0 Å². The molecule has 104 valence electrons. The van der Waals surface area contributed by atoms with E-state index in [1.54, 1.807) is 7.11 Å². The Morgan fingerprint density at radius 1 is 1.35 bits per heavy atom. The predicted octanol–water partition coefficient (Wildman–Crippen LogP) is 1.13. The van der Waals surface area contributed by atoms with E-state index in [1.807, 2.05) is 0 Å². The van der Waals surface area contributed by atoms with Crippen LogP contribution in [0.5, 0.6) is 0 Å². The maximum absolute atomic E-state index is 8.85. The number of aliphatic hydroxyl groups is 1. The van der Waals surface area contributed by atoms with Gasteiger partial charge in [-0.25, -0.2) is 0 Å². The maximum Gasteiger partial charge on any atom is 0.0615 e. The van der Waals surface area contributed by atoms with Gasteiger partial charge in [-0.2, -0.15) is 0 Å². The molecule has 1 atom stereocenters. The van der Waals surface area contributed by atoms with Gasteiger partial charge in [-0.3, -0.25) is 0 Å². The van der Waals surface area contributed by atoms with Crippen molar-refractivity contribution in [2.24, 2.45) is 11.1 Å². The molecule has 1 unspecified atom stereocenters. The highest BCUT2D eigenvalue weighted by Crippen LogP contribution is 2.21. The molecule has 0 saturated heterocycles. The molecule has 0 amide bonds. The highest BCUT2D eigenvalue weighted by atomic mass is 16.5. The first-order chi connectivity index (χ1) is 8.05. The minimum absolute atomic E-state index is 0.220. The Labute approximate surface area is 106 Å². The van der Waals surface area contributed by atoms with E-state index in [2.05, 4.69) is 19.2 Å². The standard InChI is InChI=1S/C13H30N2O2/c1-13(2,7-5-9-16)11-15-12(10-17-3)6-4-8-14/h12,15-16H,4-11,14H2,1-3H3. The monoisotopic (exact) mass is 246 g/mol. The maximum atomic E-state index is 8.85. The quantitative estimate of drug-likeness (QED) is 0.511. The Kier molecular flexibility index (Phi) is 9.74. The Balaban J connectivity index is 3.91. The van der Waals surface area contributed by atoms with E-state index in [9.17, 15) is 0 Å². The van der Waals surface area contributed by atoms with Crippen LogP contribution in [0.3, 0.4) is 0 Å². The van der Waals surface area contributed by atoms with Gasteiger partial charge in [0, 0.05) is 26.3 Å². The summed E-state index contributed by atoms with van der Waals surface area (Å²) in [6.45, 7) is 7.14. The smallest absolute Gasteiger partial charge is 0.0615 e. The van der Waals surface area contributed by atoms with Crippen molar-refractivity contribution in [1.29, 1.82) is 0 Å². The number of nitrogens with two attached hydrogens (primary N) is 1. The van der Waals surface area contributed by atoms with Crippen molar-refractivity contribution in [3.63, 3.8) is 0 Å². The summed E-state index contributed by atoms with van der Waals surface area (Å²) in [5.41, 5.74) is 5.74. The van der Waals surface area contributed by atoms with E-state index < -0.39 is 0 Å². The first kappa shape index (κ1) is 16.8. The lowest BCUT2D eigenvalue weighted by molar-refractivity contribution is 0.151. The fourth-order valence-electron chi connectivity index (χ4n) is 1.88. The summed E-state index contributed by atoms with van der Waals surface area (Å²) in [7, 11) is 1.73. The molecular weight excluding hydrogens is 216 g/mol. The van der Waals surface area contributed by atoms with Gasteiger partial charge in [0.05, 0.1) is 6.61 Å². The second-order valence-corrected chi connectivity index (χ2v) is 5.46. The van der Waals surface area contributed by atoms with Gasteiger partial charge in [0.2, 0.25) is 0 Å². The van der Waals surface area contributed by atoms with Crippen LogP contribution in [0.4, 0.5) is 0 Å². The number of methoxy groups -OCH3 is 1. The molecule has 0 bridgehead atoms. The second-order valence-electron chi connectivity index (χ2n) is 5.46. The number of aliphatic hydroxyl groups excluding tert-OH is 1. The molecule has 0 radical (unpaired) electrons. The number of rotatable bonds is 11. The third-order valence-corrected chi connectivity index (χ3v) is 3.01. The second kappa shape index (κ2) is 9.83. The molecule has 0 aliphatic rings. The van der Waals surface area contributed by atoms with Crippen LogP contribution in [0.15, 0.2) is 0 Å². The van der Waals surface area contributed by atoms with Crippen molar-refractivity contribution >= 4 is 0 Å². The van der Waals surface area contributed by atoms with Gasteiger partial charge in [-0.1, -0.05) is 13.8 Å². The summed E-state index contributed by atoms with van der Waals surface area (Å²) >= 11 is 0. The number of hydrogen-bond donors (Lipinski definition) is 3. The van der Waals surface area contributed by atoms with Crippen LogP contribution < -0.4 is 11.1 Å². The lowest BCUT2D eigenvalue weighted by Crippen LogP contribution is -2.40. The fourth-order valence-corrected chi connectivity index (χ4v) is 1.88. The molecule has 0 aromatic carbocycles. The minimum atomic E-state index is 0.220. The zero-order chi connectivity index (χ0) is 13.1. The Morgan fingerprint density at radius 2 is 2.06 bits per heavy atom. The summed E-state index contributed by atoms with van der Waals surface area (Å²) in [6.07, 6.45) is 3.98. The third kappa shape index (κ3) is 9.53. The predicted molar refractivity (Wildman–Crippen MR) is 72.1 cm³/mol. The molecule has 0 aliphatic heterocycles. The highest BCUT2D eigenvalue weighted by molar-refractivity contribution is 4.75. The Bertz CT molecular complexity index is 175. The van der Waals surface area contributed by atoms with Crippen LogP contribution in [0.2, 0.25) is 0 Å². The van der Waals surface area contributed by atoms with Crippen molar-refractivity contribution in [2.45, 2.75) is 45.6 Å². The van der Waals surface area contributed by atoms with Gasteiger partial charge < -0.3 is 20.9 Å². The number of hydrogen-bond acceptors (Lipinski definition) is 4.